The molecular formula is C20H18N2O3. The van der Waals surface area contributed by atoms with E-state index in [9.17, 15) is 14.9 Å². The minimum Gasteiger partial charge on any atom is -0.377 e. The normalized spacial score (nSPS) is 23.5. The molecule has 2 aromatic carbocycles. The molecule has 5 nitrogen and oxygen atoms in total. The third kappa shape index (κ3) is 2.52. The third-order valence-electron chi connectivity index (χ3n) is 5.24. The zero-order valence-electron chi connectivity index (χ0n) is 13.8. The topological polar surface area (TPSA) is 72.2 Å². The van der Waals surface area contributed by atoms with Gasteiger partial charge in [-0.05, 0) is 43.0 Å². The van der Waals surface area contributed by atoms with E-state index in [4.69, 9.17) is 0 Å². The van der Waals surface area contributed by atoms with Crippen LogP contribution in [0.1, 0.15) is 46.8 Å². The van der Waals surface area contributed by atoms with E-state index in [0.29, 0.717) is 11.1 Å². The molecule has 1 heterocycles. The predicted octanol–water partition coefficient (Wildman–Crippen LogP) is 4.62. The molecule has 0 bridgehead atoms. The third-order valence-corrected chi connectivity index (χ3v) is 5.24. The molecule has 3 atom stereocenters. The van der Waals surface area contributed by atoms with Gasteiger partial charge in [0.05, 0.1) is 16.5 Å². The molecule has 1 N–H and O–H groups in total. The van der Waals surface area contributed by atoms with Crippen LogP contribution in [0.2, 0.25) is 0 Å². The number of hydrogen-bond acceptors (Lipinski definition) is 4. The molecule has 0 aromatic heterocycles. The lowest BCUT2D eigenvalue weighted by Gasteiger charge is -2.37. The molecule has 0 radical (unpaired) electrons. The number of rotatable bonds is 3. The Labute approximate surface area is 145 Å². The van der Waals surface area contributed by atoms with E-state index in [1.165, 1.54) is 0 Å². The smallest absolute Gasteiger partial charge is 0.274 e. The number of hydrogen-bond donors (Lipinski definition) is 1. The molecule has 5 heteroatoms. The Kier molecular flexibility index (Phi) is 3.64. The van der Waals surface area contributed by atoms with Crippen molar-refractivity contribution in [2.45, 2.75) is 25.3 Å². The summed E-state index contributed by atoms with van der Waals surface area (Å²) in [5.74, 6) is 0.415. The van der Waals surface area contributed by atoms with Crippen molar-refractivity contribution in [3.63, 3.8) is 0 Å². The molecule has 0 fully saturated rings. The number of nitro groups is 1. The zero-order valence-corrected chi connectivity index (χ0v) is 13.8. The quantitative estimate of drug-likeness (QED) is 0.385. The van der Waals surface area contributed by atoms with Crippen molar-refractivity contribution >= 4 is 17.2 Å². The first-order chi connectivity index (χ1) is 12.1. The summed E-state index contributed by atoms with van der Waals surface area (Å²) in [4.78, 5) is 22.8. The number of allylic oxidation sites excluding steroid dienone is 2. The van der Waals surface area contributed by atoms with Gasteiger partial charge >= 0.3 is 0 Å². The van der Waals surface area contributed by atoms with Crippen LogP contribution in [0.4, 0.5) is 11.4 Å². The van der Waals surface area contributed by atoms with Crippen LogP contribution in [0.3, 0.4) is 0 Å². The first-order valence-corrected chi connectivity index (χ1v) is 8.37. The van der Waals surface area contributed by atoms with Gasteiger partial charge in [-0.3, -0.25) is 14.9 Å². The maximum Gasteiger partial charge on any atom is 0.274 e. The Balaban J connectivity index is 1.81. The van der Waals surface area contributed by atoms with Crippen LogP contribution >= 0.6 is 0 Å². The molecule has 0 spiro atoms. The van der Waals surface area contributed by atoms with Crippen LogP contribution in [0.5, 0.6) is 0 Å². The number of para-hydroxylation sites is 1. The molecule has 2 aromatic rings. The second kappa shape index (κ2) is 5.84. The Morgan fingerprint density at radius 2 is 2.00 bits per heavy atom. The number of anilines is 1. The van der Waals surface area contributed by atoms with Crippen molar-refractivity contribution in [2.75, 3.05) is 5.32 Å². The second-order valence-electron chi connectivity index (χ2n) is 6.65. The van der Waals surface area contributed by atoms with Crippen LogP contribution in [0.25, 0.3) is 0 Å². The highest BCUT2D eigenvalue weighted by atomic mass is 16.6. The number of nitrogens with zero attached hydrogens (tertiary/aromatic N) is 1. The molecule has 126 valence electrons. The average Bonchev–Trinajstić information content (AvgIpc) is 3.10. The van der Waals surface area contributed by atoms with Crippen LogP contribution in [-0.4, -0.2) is 10.7 Å². The lowest BCUT2D eigenvalue weighted by molar-refractivity contribution is -0.385. The van der Waals surface area contributed by atoms with Gasteiger partial charge in [-0.2, -0.15) is 0 Å². The lowest BCUT2D eigenvalue weighted by atomic mass is 9.76. The SMILES string of the molecule is CC(=O)c1ccc2c(c1)[C@@H]1C=CC[C@@H]1[C@@H](c1ccccc1[N+](=O)[O-])N2. The summed E-state index contributed by atoms with van der Waals surface area (Å²) in [6.45, 7) is 1.57. The van der Waals surface area contributed by atoms with Crippen LogP contribution in [-0.2, 0) is 0 Å². The Morgan fingerprint density at radius 3 is 2.76 bits per heavy atom. The second-order valence-corrected chi connectivity index (χ2v) is 6.65. The monoisotopic (exact) mass is 334 g/mol. The summed E-state index contributed by atoms with van der Waals surface area (Å²) in [6, 6.07) is 12.5. The van der Waals surface area contributed by atoms with Gasteiger partial charge in [0, 0.05) is 23.2 Å². The minimum absolute atomic E-state index is 0.0437. The largest absolute Gasteiger partial charge is 0.377 e. The molecule has 2 aliphatic rings. The van der Waals surface area contributed by atoms with E-state index in [-0.39, 0.29) is 34.3 Å². The van der Waals surface area contributed by atoms with E-state index >= 15 is 0 Å². The number of ketones is 1. The average molecular weight is 334 g/mol. The van der Waals surface area contributed by atoms with Crippen molar-refractivity contribution < 1.29 is 9.72 Å². The fourth-order valence-electron chi connectivity index (χ4n) is 4.04. The number of benzene rings is 2. The van der Waals surface area contributed by atoms with Crippen LogP contribution in [0.15, 0.2) is 54.6 Å². The highest BCUT2D eigenvalue weighted by Crippen LogP contribution is 2.51. The molecule has 0 saturated carbocycles. The summed E-state index contributed by atoms with van der Waals surface area (Å²) in [5.41, 5.74) is 3.60. The lowest BCUT2D eigenvalue weighted by Crippen LogP contribution is -2.29. The number of nitrogens with one attached hydrogen (secondary N) is 1. The van der Waals surface area contributed by atoms with E-state index in [0.717, 1.165) is 17.7 Å². The minimum atomic E-state index is -0.317. The van der Waals surface area contributed by atoms with Crippen molar-refractivity contribution in [3.05, 3.63) is 81.4 Å². The summed E-state index contributed by atoms with van der Waals surface area (Å²) < 4.78 is 0. The van der Waals surface area contributed by atoms with Gasteiger partial charge in [0.25, 0.3) is 5.69 Å². The van der Waals surface area contributed by atoms with Gasteiger partial charge < -0.3 is 5.32 Å². The fourth-order valence-corrected chi connectivity index (χ4v) is 4.04. The predicted molar refractivity (Wildman–Crippen MR) is 95.9 cm³/mol. The van der Waals surface area contributed by atoms with Gasteiger partial charge in [-0.1, -0.05) is 30.4 Å². The molecular weight excluding hydrogens is 316 g/mol. The van der Waals surface area contributed by atoms with E-state index in [2.05, 4.69) is 17.5 Å². The molecule has 0 saturated heterocycles. The highest BCUT2D eigenvalue weighted by molar-refractivity contribution is 5.95. The molecule has 0 unspecified atom stereocenters. The van der Waals surface area contributed by atoms with Gasteiger partial charge in [0.2, 0.25) is 0 Å². The van der Waals surface area contributed by atoms with Crippen LogP contribution < -0.4 is 5.32 Å². The Hall–Kier alpha value is -2.95. The maximum atomic E-state index is 11.7. The summed E-state index contributed by atoms with van der Waals surface area (Å²) in [5, 5.41) is 14.9. The van der Waals surface area contributed by atoms with Gasteiger partial charge in [0.15, 0.2) is 5.78 Å². The molecule has 0 amide bonds. The van der Waals surface area contributed by atoms with Gasteiger partial charge in [0.1, 0.15) is 0 Å². The number of nitro benzene ring substituents is 1. The van der Waals surface area contributed by atoms with Crippen molar-refractivity contribution in [3.8, 4) is 0 Å². The molecule has 1 aliphatic carbocycles. The van der Waals surface area contributed by atoms with Gasteiger partial charge in [-0.25, -0.2) is 0 Å². The van der Waals surface area contributed by atoms with E-state index < -0.39 is 0 Å². The van der Waals surface area contributed by atoms with E-state index in [1.807, 2.05) is 30.3 Å². The highest BCUT2D eigenvalue weighted by Gasteiger charge is 2.40. The fraction of sp³-hybridized carbons (Fsp3) is 0.250. The van der Waals surface area contributed by atoms with Gasteiger partial charge in [-0.15, -0.1) is 0 Å². The Morgan fingerprint density at radius 1 is 1.20 bits per heavy atom. The number of Topliss-reactive ketones (excluding diaryl/α,β-unsaturated/α-hetero) is 1. The molecule has 25 heavy (non-hydrogen) atoms. The Bertz CT molecular complexity index is 904. The van der Waals surface area contributed by atoms with E-state index in [1.54, 1.807) is 19.1 Å². The first-order valence-electron chi connectivity index (χ1n) is 8.37. The number of fused-ring (bicyclic) bond motifs is 3. The first kappa shape index (κ1) is 15.6. The summed E-state index contributed by atoms with van der Waals surface area (Å²) in [7, 11) is 0. The summed E-state index contributed by atoms with van der Waals surface area (Å²) in [6.07, 6.45) is 5.16. The molecule has 4 rings (SSSR count). The maximum absolute atomic E-state index is 11.7. The van der Waals surface area contributed by atoms with Crippen molar-refractivity contribution in [1.29, 1.82) is 0 Å². The van der Waals surface area contributed by atoms with Crippen molar-refractivity contribution in [1.82, 2.24) is 0 Å². The number of carbonyl (C=O) groups is 1. The molecule has 1 aliphatic heterocycles. The number of carbonyl (C=O) groups excluding carboxylic acids is 1. The summed E-state index contributed by atoms with van der Waals surface area (Å²) >= 11 is 0. The van der Waals surface area contributed by atoms with Crippen LogP contribution in [0, 0.1) is 16.0 Å². The standard InChI is InChI=1S/C20H18N2O3/c1-12(23)13-9-10-18-17(11-13)14-6-4-7-15(14)20(21-18)16-5-2-3-8-19(16)22(24)25/h2-6,8-11,14-15,20-21H,7H2,1H3/t14-,15+,20+/m1/s1. The van der Waals surface area contributed by atoms with Crippen molar-refractivity contribution in [2.24, 2.45) is 5.92 Å². The zero-order chi connectivity index (χ0) is 17.6.